The van der Waals surface area contributed by atoms with Crippen LogP contribution in [0, 0.1) is 0 Å². The van der Waals surface area contributed by atoms with Gasteiger partial charge in [0, 0.05) is 5.56 Å². The highest BCUT2D eigenvalue weighted by atomic mass is 16.2. The molecule has 1 aromatic rings. The van der Waals surface area contributed by atoms with Crippen molar-refractivity contribution in [2.75, 3.05) is 6.54 Å². The fourth-order valence-electron chi connectivity index (χ4n) is 1.44. The molecule has 1 aromatic carbocycles. The summed E-state index contributed by atoms with van der Waals surface area (Å²) in [4.78, 5) is 22.6. The van der Waals surface area contributed by atoms with Gasteiger partial charge in [0.05, 0.1) is 6.54 Å². The first kappa shape index (κ1) is 14.2. The van der Waals surface area contributed by atoms with Gasteiger partial charge in [0.1, 0.15) is 0 Å². The van der Waals surface area contributed by atoms with Crippen LogP contribution in [0.5, 0.6) is 0 Å². The Morgan fingerprint density at radius 2 is 1.72 bits per heavy atom. The monoisotopic (exact) mass is 249 g/mol. The SMILES string of the molecule is CC(C)(C)c1ccc(C(=O)NCC(=O)NN)cc1. The molecule has 0 aliphatic heterocycles. The minimum atomic E-state index is -0.435. The summed E-state index contributed by atoms with van der Waals surface area (Å²) < 4.78 is 0. The zero-order chi connectivity index (χ0) is 13.8. The van der Waals surface area contributed by atoms with Crippen LogP contribution in [0.1, 0.15) is 36.7 Å². The van der Waals surface area contributed by atoms with E-state index in [0.29, 0.717) is 5.56 Å². The lowest BCUT2D eigenvalue weighted by Crippen LogP contribution is -2.40. The average Bonchev–Trinajstić information content (AvgIpc) is 2.34. The molecular weight excluding hydrogens is 230 g/mol. The molecule has 0 saturated carbocycles. The molecule has 0 aromatic heterocycles. The first-order chi connectivity index (χ1) is 8.34. The first-order valence-corrected chi connectivity index (χ1v) is 5.73. The molecule has 0 heterocycles. The van der Waals surface area contributed by atoms with Gasteiger partial charge in [-0.2, -0.15) is 0 Å². The van der Waals surface area contributed by atoms with Gasteiger partial charge in [0.25, 0.3) is 11.8 Å². The van der Waals surface area contributed by atoms with Gasteiger partial charge >= 0.3 is 0 Å². The topological polar surface area (TPSA) is 84.2 Å². The average molecular weight is 249 g/mol. The van der Waals surface area contributed by atoms with E-state index in [4.69, 9.17) is 5.84 Å². The molecule has 2 amide bonds. The van der Waals surface area contributed by atoms with Crippen LogP contribution < -0.4 is 16.6 Å². The van der Waals surface area contributed by atoms with Gasteiger partial charge in [0.15, 0.2) is 0 Å². The van der Waals surface area contributed by atoms with Crippen molar-refractivity contribution in [3.8, 4) is 0 Å². The lowest BCUT2D eigenvalue weighted by Gasteiger charge is -2.19. The number of rotatable bonds is 3. The van der Waals surface area contributed by atoms with Gasteiger partial charge < -0.3 is 5.32 Å². The predicted octanol–water partition coefficient (Wildman–Crippen LogP) is 0.704. The van der Waals surface area contributed by atoms with Crippen LogP contribution >= 0.6 is 0 Å². The Hall–Kier alpha value is -1.88. The minimum Gasteiger partial charge on any atom is -0.343 e. The van der Waals surface area contributed by atoms with Gasteiger partial charge in [-0.3, -0.25) is 15.0 Å². The van der Waals surface area contributed by atoms with E-state index in [2.05, 4.69) is 26.1 Å². The zero-order valence-electron chi connectivity index (χ0n) is 10.9. The third kappa shape index (κ3) is 3.85. The van der Waals surface area contributed by atoms with Crippen molar-refractivity contribution in [3.05, 3.63) is 35.4 Å². The predicted molar refractivity (Wildman–Crippen MR) is 69.8 cm³/mol. The third-order valence-electron chi connectivity index (χ3n) is 2.58. The van der Waals surface area contributed by atoms with E-state index in [-0.39, 0.29) is 17.9 Å². The molecule has 4 N–H and O–H groups in total. The van der Waals surface area contributed by atoms with Crippen LogP contribution in [-0.2, 0) is 10.2 Å². The molecule has 18 heavy (non-hydrogen) atoms. The number of carbonyl (C=O) groups excluding carboxylic acids is 2. The molecule has 98 valence electrons. The Balaban J connectivity index is 2.68. The largest absolute Gasteiger partial charge is 0.343 e. The summed E-state index contributed by atoms with van der Waals surface area (Å²) in [5.41, 5.74) is 3.67. The van der Waals surface area contributed by atoms with Crippen molar-refractivity contribution in [1.29, 1.82) is 0 Å². The Labute approximate surface area is 107 Å². The van der Waals surface area contributed by atoms with Crippen LogP contribution in [-0.4, -0.2) is 18.4 Å². The summed E-state index contributed by atoms with van der Waals surface area (Å²) in [5.74, 6) is 4.19. The van der Waals surface area contributed by atoms with Gasteiger partial charge in [-0.05, 0) is 23.1 Å². The molecule has 0 fully saturated rings. The number of hydrazine groups is 1. The molecule has 0 spiro atoms. The van der Waals surface area contributed by atoms with Gasteiger partial charge in [-0.15, -0.1) is 0 Å². The van der Waals surface area contributed by atoms with E-state index in [9.17, 15) is 9.59 Å². The van der Waals surface area contributed by atoms with Crippen molar-refractivity contribution < 1.29 is 9.59 Å². The Morgan fingerprint density at radius 3 is 2.17 bits per heavy atom. The second kappa shape index (κ2) is 5.64. The number of nitrogens with one attached hydrogen (secondary N) is 2. The molecular formula is C13H19N3O2. The Bertz CT molecular complexity index is 433. The number of carbonyl (C=O) groups is 2. The summed E-state index contributed by atoms with van der Waals surface area (Å²) >= 11 is 0. The number of hydrogen-bond donors (Lipinski definition) is 3. The molecule has 5 heteroatoms. The molecule has 0 aliphatic carbocycles. The lowest BCUT2D eigenvalue weighted by atomic mass is 9.87. The second-order valence-electron chi connectivity index (χ2n) is 5.08. The van der Waals surface area contributed by atoms with Crippen molar-refractivity contribution in [2.24, 2.45) is 5.84 Å². The number of benzene rings is 1. The van der Waals surface area contributed by atoms with E-state index < -0.39 is 5.91 Å². The van der Waals surface area contributed by atoms with E-state index in [0.717, 1.165) is 5.56 Å². The van der Waals surface area contributed by atoms with Crippen molar-refractivity contribution in [1.82, 2.24) is 10.7 Å². The maximum Gasteiger partial charge on any atom is 0.253 e. The highest BCUT2D eigenvalue weighted by molar-refractivity contribution is 5.96. The normalized spacial score (nSPS) is 10.9. The summed E-state index contributed by atoms with van der Waals surface area (Å²) in [6.45, 7) is 6.19. The van der Waals surface area contributed by atoms with Crippen LogP contribution in [0.2, 0.25) is 0 Å². The standard InChI is InChI=1S/C13H19N3O2/c1-13(2,3)10-6-4-9(5-7-10)12(18)15-8-11(17)16-14/h4-7H,8,14H2,1-3H3,(H,15,18)(H,16,17). The molecule has 0 atom stereocenters. The summed E-state index contributed by atoms with van der Waals surface area (Å²) in [6, 6.07) is 7.32. The minimum absolute atomic E-state index is 0.0500. The molecule has 5 nitrogen and oxygen atoms in total. The Kier molecular flexibility index (Phi) is 4.44. The molecule has 0 aliphatic rings. The van der Waals surface area contributed by atoms with E-state index in [1.54, 1.807) is 12.1 Å². The van der Waals surface area contributed by atoms with Crippen LogP contribution in [0.25, 0.3) is 0 Å². The van der Waals surface area contributed by atoms with Gasteiger partial charge in [0.2, 0.25) is 0 Å². The summed E-state index contributed by atoms with van der Waals surface area (Å²) in [7, 11) is 0. The van der Waals surface area contributed by atoms with Crippen molar-refractivity contribution >= 4 is 11.8 Å². The molecule has 1 rings (SSSR count). The van der Waals surface area contributed by atoms with Crippen molar-refractivity contribution in [2.45, 2.75) is 26.2 Å². The molecule has 0 unspecified atom stereocenters. The second-order valence-corrected chi connectivity index (χ2v) is 5.08. The number of nitrogens with two attached hydrogens (primary N) is 1. The summed E-state index contributed by atoms with van der Waals surface area (Å²) in [5, 5.41) is 2.48. The zero-order valence-corrected chi connectivity index (χ0v) is 10.9. The van der Waals surface area contributed by atoms with Crippen LogP contribution in [0.3, 0.4) is 0 Å². The van der Waals surface area contributed by atoms with Crippen molar-refractivity contribution in [3.63, 3.8) is 0 Å². The van der Waals surface area contributed by atoms with Crippen LogP contribution in [0.4, 0.5) is 0 Å². The Morgan fingerprint density at radius 1 is 1.17 bits per heavy atom. The van der Waals surface area contributed by atoms with Gasteiger partial charge in [-0.25, -0.2) is 5.84 Å². The maximum absolute atomic E-state index is 11.7. The first-order valence-electron chi connectivity index (χ1n) is 5.73. The molecule has 0 bridgehead atoms. The highest BCUT2D eigenvalue weighted by Crippen LogP contribution is 2.22. The lowest BCUT2D eigenvalue weighted by molar-refractivity contribution is -0.120. The molecule has 0 radical (unpaired) electrons. The highest BCUT2D eigenvalue weighted by Gasteiger charge is 2.14. The van der Waals surface area contributed by atoms with E-state index >= 15 is 0 Å². The maximum atomic E-state index is 11.7. The molecule has 0 saturated heterocycles. The van der Waals surface area contributed by atoms with Crippen LogP contribution in [0.15, 0.2) is 24.3 Å². The van der Waals surface area contributed by atoms with Gasteiger partial charge in [-0.1, -0.05) is 32.9 Å². The smallest absolute Gasteiger partial charge is 0.253 e. The quantitative estimate of drug-likeness (QED) is 0.419. The fourth-order valence-corrected chi connectivity index (χ4v) is 1.44. The summed E-state index contributed by atoms with van der Waals surface area (Å²) in [6.07, 6.45) is 0. The fraction of sp³-hybridized carbons (Fsp3) is 0.385. The van der Waals surface area contributed by atoms with E-state index in [1.165, 1.54) is 0 Å². The third-order valence-corrected chi connectivity index (χ3v) is 2.58. The number of hydrogen-bond acceptors (Lipinski definition) is 3. The number of amides is 2. The van der Waals surface area contributed by atoms with E-state index in [1.807, 2.05) is 17.6 Å².